The molecule has 0 radical (unpaired) electrons. The number of nitrogens with one attached hydrogen (secondary N) is 1. The van der Waals surface area contributed by atoms with Gasteiger partial charge in [0.15, 0.2) is 0 Å². The first-order chi connectivity index (χ1) is 14.6. The van der Waals surface area contributed by atoms with E-state index in [0.29, 0.717) is 50.1 Å². The molecule has 0 atom stereocenters. The molecule has 0 unspecified atom stereocenters. The molecule has 0 aromatic heterocycles. The summed E-state index contributed by atoms with van der Waals surface area (Å²) < 4.78 is 5.44. The first kappa shape index (κ1) is 20.3. The Morgan fingerprint density at radius 2 is 1.73 bits per heavy atom. The molecule has 8 nitrogen and oxygen atoms in total. The summed E-state index contributed by atoms with van der Waals surface area (Å²) in [7, 11) is 0. The van der Waals surface area contributed by atoms with Crippen LogP contribution in [0.15, 0.2) is 30.3 Å². The average Bonchev–Trinajstić information content (AvgIpc) is 2.79. The third kappa shape index (κ3) is 3.76. The normalized spacial score (nSPS) is 16.3. The summed E-state index contributed by atoms with van der Waals surface area (Å²) in [6, 6.07) is 9.40. The van der Waals surface area contributed by atoms with Gasteiger partial charge in [-0.15, -0.1) is 0 Å². The Labute approximate surface area is 174 Å². The van der Waals surface area contributed by atoms with E-state index >= 15 is 0 Å². The maximum Gasteiger partial charge on any atom is 0.261 e. The topological polar surface area (TPSA) is 99.2 Å². The zero-order valence-electron chi connectivity index (χ0n) is 16.7. The lowest BCUT2D eigenvalue weighted by Gasteiger charge is -2.32. The average molecular weight is 411 g/mol. The molecule has 2 aliphatic rings. The van der Waals surface area contributed by atoms with E-state index < -0.39 is 5.91 Å². The molecule has 4 rings (SSSR count). The zero-order valence-corrected chi connectivity index (χ0v) is 16.7. The van der Waals surface area contributed by atoms with Gasteiger partial charge < -0.3 is 9.64 Å². The van der Waals surface area contributed by atoms with Crippen LogP contribution < -0.4 is 10.4 Å². The van der Waals surface area contributed by atoms with Crippen molar-refractivity contribution in [1.82, 2.24) is 10.4 Å². The van der Waals surface area contributed by atoms with Gasteiger partial charge in [0.05, 0.1) is 13.2 Å². The second-order valence-corrected chi connectivity index (χ2v) is 7.57. The summed E-state index contributed by atoms with van der Waals surface area (Å²) in [6.45, 7) is 3.19. The number of carbonyl (C=O) groups excluding carboxylic acids is 3. The molecule has 0 spiro atoms. The van der Waals surface area contributed by atoms with E-state index in [4.69, 9.17) is 9.94 Å². The number of carbonyl (C=O) groups is 3. The van der Waals surface area contributed by atoms with Crippen molar-refractivity contribution >= 4 is 34.2 Å². The lowest BCUT2D eigenvalue weighted by molar-refractivity contribution is -0.129. The molecule has 2 aliphatic heterocycles. The van der Waals surface area contributed by atoms with E-state index in [0.717, 1.165) is 29.5 Å². The highest BCUT2D eigenvalue weighted by Gasteiger charge is 2.33. The highest BCUT2D eigenvalue weighted by atomic mass is 16.5. The van der Waals surface area contributed by atoms with Crippen LogP contribution in [0.5, 0.6) is 0 Å². The van der Waals surface area contributed by atoms with Gasteiger partial charge in [0.2, 0.25) is 5.91 Å². The quantitative estimate of drug-likeness (QED) is 0.314. The van der Waals surface area contributed by atoms with Crippen molar-refractivity contribution in [2.45, 2.75) is 25.7 Å². The summed E-state index contributed by atoms with van der Waals surface area (Å²) in [5.41, 5.74) is 3.73. The van der Waals surface area contributed by atoms with E-state index in [1.807, 2.05) is 24.3 Å². The molecular formula is C22H25N3O5. The van der Waals surface area contributed by atoms with Crippen molar-refractivity contribution in [2.75, 3.05) is 37.7 Å². The molecule has 2 aromatic carbocycles. The van der Waals surface area contributed by atoms with Crippen molar-refractivity contribution in [2.24, 2.45) is 0 Å². The van der Waals surface area contributed by atoms with Crippen molar-refractivity contribution in [3.63, 3.8) is 0 Å². The Morgan fingerprint density at radius 1 is 1.00 bits per heavy atom. The summed E-state index contributed by atoms with van der Waals surface area (Å²) in [4.78, 5) is 40.8. The minimum Gasteiger partial charge on any atom is -0.378 e. The summed E-state index contributed by atoms with van der Waals surface area (Å²) in [5, 5.41) is 10.2. The van der Waals surface area contributed by atoms with Gasteiger partial charge >= 0.3 is 0 Å². The lowest BCUT2D eigenvalue weighted by Crippen LogP contribution is -2.41. The fourth-order valence-corrected chi connectivity index (χ4v) is 4.20. The number of hydrogen-bond donors (Lipinski definition) is 2. The van der Waals surface area contributed by atoms with E-state index in [2.05, 4.69) is 4.90 Å². The summed E-state index contributed by atoms with van der Waals surface area (Å²) in [5.74, 6) is -0.979. The van der Waals surface area contributed by atoms with Gasteiger partial charge in [-0.25, -0.2) is 5.48 Å². The molecule has 2 aromatic rings. The van der Waals surface area contributed by atoms with Gasteiger partial charge in [0.25, 0.3) is 11.8 Å². The number of ether oxygens (including phenoxy) is 1. The third-order valence-electron chi connectivity index (χ3n) is 5.73. The number of imide groups is 1. The fourth-order valence-electron chi connectivity index (χ4n) is 4.20. The number of amides is 3. The van der Waals surface area contributed by atoms with E-state index in [-0.39, 0.29) is 18.2 Å². The predicted octanol–water partition coefficient (Wildman–Crippen LogP) is 2.34. The molecule has 158 valence electrons. The molecule has 2 heterocycles. The van der Waals surface area contributed by atoms with Crippen LogP contribution in [-0.4, -0.2) is 60.7 Å². The molecule has 30 heavy (non-hydrogen) atoms. The van der Waals surface area contributed by atoms with E-state index in [1.165, 1.54) is 4.90 Å². The molecule has 0 aliphatic carbocycles. The van der Waals surface area contributed by atoms with Crippen molar-refractivity contribution < 1.29 is 24.3 Å². The Balaban J connectivity index is 1.56. The monoisotopic (exact) mass is 411 g/mol. The molecule has 8 heteroatoms. The third-order valence-corrected chi connectivity index (χ3v) is 5.73. The van der Waals surface area contributed by atoms with Crippen LogP contribution in [0.25, 0.3) is 10.8 Å². The minimum absolute atomic E-state index is 0.213. The van der Waals surface area contributed by atoms with E-state index in [1.54, 1.807) is 11.5 Å². The standard InChI is InChI=1S/C22H25N3O5/c26-19(23-29)7-2-1-3-10-25-21(27)16-6-4-5-15-18(24-11-13-30-14-12-24)9-8-17(20(15)16)22(25)28/h4-6,8-9,29H,1-3,7,10-14H2,(H,23,26). The zero-order chi connectivity index (χ0) is 21.1. The maximum absolute atomic E-state index is 13.1. The van der Waals surface area contributed by atoms with Gasteiger partial charge in [-0.1, -0.05) is 18.6 Å². The Bertz CT molecular complexity index is 962. The molecule has 3 amide bonds. The van der Waals surface area contributed by atoms with Gasteiger partial charge in [-0.05, 0) is 31.0 Å². The smallest absolute Gasteiger partial charge is 0.261 e. The van der Waals surface area contributed by atoms with Crippen molar-refractivity contribution in [1.29, 1.82) is 0 Å². The van der Waals surface area contributed by atoms with Crippen molar-refractivity contribution in [3.05, 3.63) is 41.5 Å². The molecule has 0 saturated carbocycles. The van der Waals surface area contributed by atoms with Crippen LogP contribution in [0.1, 0.15) is 46.4 Å². The molecule has 0 bridgehead atoms. The number of morpholine rings is 1. The minimum atomic E-state index is -0.434. The van der Waals surface area contributed by atoms with Crippen LogP contribution in [0.4, 0.5) is 5.69 Å². The van der Waals surface area contributed by atoms with Crippen LogP contribution in [0, 0.1) is 0 Å². The SMILES string of the molecule is O=C(CCCCCN1C(=O)c2cccc3c(N4CCOCC4)ccc(c23)C1=O)NO. The molecule has 1 fully saturated rings. The first-order valence-corrected chi connectivity index (χ1v) is 10.3. The summed E-state index contributed by atoms with van der Waals surface area (Å²) >= 11 is 0. The highest BCUT2D eigenvalue weighted by molar-refractivity contribution is 6.26. The number of anilines is 1. The van der Waals surface area contributed by atoms with Gasteiger partial charge in [0.1, 0.15) is 0 Å². The Morgan fingerprint density at radius 3 is 2.47 bits per heavy atom. The van der Waals surface area contributed by atoms with Gasteiger partial charge in [-0.2, -0.15) is 0 Å². The second-order valence-electron chi connectivity index (χ2n) is 7.57. The molecular weight excluding hydrogens is 386 g/mol. The molecule has 2 N–H and O–H groups in total. The Kier molecular flexibility index (Phi) is 5.96. The van der Waals surface area contributed by atoms with Gasteiger partial charge in [0, 0.05) is 53.6 Å². The first-order valence-electron chi connectivity index (χ1n) is 10.3. The van der Waals surface area contributed by atoms with Gasteiger partial charge in [-0.3, -0.25) is 24.5 Å². The maximum atomic E-state index is 13.1. The van der Waals surface area contributed by atoms with Crippen LogP contribution >= 0.6 is 0 Å². The predicted molar refractivity (Wildman–Crippen MR) is 111 cm³/mol. The van der Waals surface area contributed by atoms with Crippen molar-refractivity contribution in [3.8, 4) is 0 Å². The number of rotatable bonds is 7. The number of hydrogen-bond acceptors (Lipinski definition) is 6. The number of unbranched alkanes of at least 4 members (excludes halogenated alkanes) is 2. The fraction of sp³-hybridized carbons (Fsp3) is 0.409. The lowest BCUT2D eigenvalue weighted by atomic mass is 9.92. The largest absolute Gasteiger partial charge is 0.378 e. The summed E-state index contributed by atoms with van der Waals surface area (Å²) in [6.07, 6.45) is 2.08. The Hall–Kier alpha value is -2.97. The van der Waals surface area contributed by atoms with Crippen LogP contribution in [0.3, 0.4) is 0 Å². The van der Waals surface area contributed by atoms with Crippen LogP contribution in [-0.2, 0) is 9.53 Å². The molecule has 1 saturated heterocycles. The van der Waals surface area contributed by atoms with E-state index in [9.17, 15) is 14.4 Å². The van der Waals surface area contributed by atoms with Crippen LogP contribution in [0.2, 0.25) is 0 Å². The number of benzene rings is 2. The highest BCUT2D eigenvalue weighted by Crippen LogP contribution is 2.36. The number of hydroxylamine groups is 1. The second kappa shape index (κ2) is 8.81. The number of nitrogens with zero attached hydrogens (tertiary/aromatic N) is 2.